The zero-order valence-electron chi connectivity index (χ0n) is 5.77. The fourth-order valence-electron chi connectivity index (χ4n) is 0.675. The molecule has 0 aromatic heterocycles. The van der Waals surface area contributed by atoms with E-state index in [1.165, 1.54) is 21.1 Å². The number of rotatable bonds is 0. The number of benzene rings is 1. The predicted octanol–water partition coefficient (Wildman–Crippen LogP) is 3.36. The van der Waals surface area contributed by atoms with Crippen LogP contribution in [0.4, 0.5) is 8.78 Å². The maximum atomic E-state index is 12.8. The van der Waals surface area contributed by atoms with Gasteiger partial charge in [-0.15, -0.1) is 0 Å². The van der Waals surface area contributed by atoms with E-state index >= 15 is 0 Å². The van der Waals surface area contributed by atoms with Gasteiger partial charge in [-0.3, -0.25) is 0 Å². The fourth-order valence-corrected chi connectivity index (χ4v) is 1.15. The maximum Gasteiger partial charge on any atom is 0.174 e. The molecular weight excluding hydrogens is 293 g/mol. The lowest BCUT2D eigenvalue weighted by molar-refractivity contribution is 0.506. The molecule has 0 heterocycles. The standard InChI is InChI=1S/C8H3F2IS/c9-7-3-1-2-6(8(7)10)4-5-12-11/h1-3H. The molecule has 1 aromatic rings. The highest BCUT2D eigenvalue weighted by Crippen LogP contribution is 2.12. The summed E-state index contributed by atoms with van der Waals surface area (Å²) in [5, 5.41) is 2.58. The van der Waals surface area contributed by atoms with Gasteiger partial charge in [-0.2, -0.15) is 0 Å². The quantitative estimate of drug-likeness (QED) is 0.522. The van der Waals surface area contributed by atoms with Crippen LogP contribution in [0.15, 0.2) is 18.2 Å². The molecule has 0 N–H and O–H groups in total. The number of hydrogen-bond donors (Lipinski definition) is 0. The van der Waals surface area contributed by atoms with Crippen molar-refractivity contribution in [1.29, 1.82) is 0 Å². The first-order valence-electron chi connectivity index (χ1n) is 2.98. The van der Waals surface area contributed by atoms with Crippen molar-refractivity contribution in [3.63, 3.8) is 0 Å². The third-order valence-corrected chi connectivity index (χ3v) is 2.02. The molecule has 0 spiro atoms. The van der Waals surface area contributed by atoms with Crippen LogP contribution in [-0.2, 0) is 0 Å². The van der Waals surface area contributed by atoms with Crippen molar-refractivity contribution < 1.29 is 8.78 Å². The molecule has 0 saturated carbocycles. The second kappa shape index (κ2) is 4.67. The molecule has 0 aliphatic carbocycles. The Balaban J connectivity index is 3.08. The lowest BCUT2D eigenvalue weighted by atomic mass is 10.2. The van der Waals surface area contributed by atoms with E-state index in [9.17, 15) is 8.78 Å². The maximum absolute atomic E-state index is 12.8. The summed E-state index contributed by atoms with van der Waals surface area (Å²) in [5.74, 6) is 0.754. The van der Waals surface area contributed by atoms with Crippen molar-refractivity contribution in [3.05, 3.63) is 35.4 Å². The first-order valence-corrected chi connectivity index (χ1v) is 6.34. The third kappa shape index (κ3) is 2.35. The van der Waals surface area contributed by atoms with Crippen LogP contribution in [0.1, 0.15) is 5.56 Å². The molecule has 0 radical (unpaired) electrons. The van der Waals surface area contributed by atoms with Gasteiger partial charge >= 0.3 is 0 Å². The minimum absolute atomic E-state index is 0.0965. The molecule has 0 bridgehead atoms. The zero-order valence-corrected chi connectivity index (χ0v) is 8.75. The molecule has 0 amide bonds. The van der Waals surface area contributed by atoms with E-state index < -0.39 is 11.6 Å². The molecule has 0 saturated heterocycles. The van der Waals surface area contributed by atoms with Crippen molar-refractivity contribution in [2.45, 2.75) is 0 Å². The van der Waals surface area contributed by atoms with E-state index in [0.29, 0.717) is 0 Å². The summed E-state index contributed by atoms with van der Waals surface area (Å²) in [5.41, 5.74) is 0.0965. The van der Waals surface area contributed by atoms with E-state index in [1.54, 1.807) is 0 Å². The molecule has 0 aliphatic rings. The van der Waals surface area contributed by atoms with Crippen molar-refractivity contribution in [2.24, 2.45) is 0 Å². The van der Waals surface area contributed by atoms with Crippen molar-refractivity contribution in [1.82, 2.24) is 0 Å². The Morgan fingerprint density at radius 2 is 2.08 bits per heavy atom. The summed E-state index contributed by atoms with van der Waals surface area (Å²) in [7, 11) is 1.23. The monoisotopic (exact) mass is 296 g/mol. The van der Waals surface area contributed by atoms with Gasteiger partial charge in [-0.05, 0) is 26.3 Å². The van der Waals surface area contributed by atoms with Gasteiger partial charge in [0.15, 0.2) is 11.6 Å². The van der Waals surface area contributed by atoms with Gasteiger partial charge in [-0.25, -0.2) is 8.78 Å². The zero-order chi connectivity index (χ0) is 8.97. The molecule has 12 heavy (non-hydrogen) atoms. The Labute approximate surface area is 85.3 Å². The van der Waals surface area contributed by atoms with E-state index in [1.807, 2.05) is 21.2 Å². The molecule has 0 aliphatic heterocycles. The van der Waals surface area contributed by atoms with Crippen LogP contribution >= 0.6 is 30.1 Å². The molecule has 0 atom stereocenters. The van der Waals surface area contributed by atoms with E-state index in [0.717, 1.165) is 6.07 Å². The lowest BCUT2D eigenvalue weighted by Crippen LogP contribution is -1.87. The summed E-state index contributed by atoms with van der Waals surface area (Å²) in [6, 6.07) is 3.94. The van der Waals surface area contributed by atoms with Gasteiger partial charge < -0.3 is 0 Å². The second-order valence-electron chi connectivity index (χ2n) is 1.91. The summed E-state index contributed by atoms with van der Waals surface area (Å²) in [6.07, 6.45) is 0. The van der Waals surface area contributed by atoms with Gasteiger partial charge in [-0.1, -0.05) is 12.0 Å². The van der Waals surface area contributed by atoms with Crippen LogP contribution in [-0.4, -0.2) is 0 Å². The Kier molecular flexibility index (Phi) is 3.82. The van der Waals surface area contributed by atoms with Crippen LogP contribution in [0.25, 0.3) is 0 Å². The average molecular weight is 296 g/mol. The van der Waals surface area contributed by atoms with Crippen LogP contribution in [0.3, 0.4) is 0 Å². The molecule has 1 aromatic carbocycles. The molecule has 0 fully saturated rings. The SMILES string of the molecule is Fc1cccc(C#CSI)c1F. The molecule has 62 valence electrons. The molecule has 0 unspecified atom stereocenters. The largest absolute Gasteiger partial charge is 0.204 e. The summed E-state index contributed by atoms with van der Waals surface area (Å²) in [4.78, 5) is 0. The van der Waals surface area contributed by atoms with Gasteiger partial charge in [0.25, 0.3) is 0 Å². The van der Waals surface area contributed by atoms with Crippen molar-refractivity contribution in [2.75, 3.05) is 0 Å². The van der Waals surface area contributed by atoms with Crippen molar-refractivity contribution >= 4 is 30.1 Å². The number of halogens is 3. The summed E-state index contributed by atoms with van der Waals surface area (Å²) >= 11 is 1.96. The van der Waals surface area contributed by atoms with Crippen LogP contribution < -0.4 is 0 Å². The predicted molar refractivity (Wildman–Crippen MR) is 54.8 cm³/mol. The van der Waals surface area contributed by atoms with Gasteiger partial charge in [0, 0.05) is 21.2 Å². The fraction of sp³-hybridized carbons (Fsp3) is 0. The van der Waals surface area contributed by atoms with Gasteiger partial charge in [0.05, 0.1) is 5.56 Å². The van der Waals surface area contributed by atoms with Gasteiger partial charge in [0.1, 0.15) is 0 Å². The Morgan fingerprint density at radius 3 is 2.75 bits per heavy atom. The molecule has 0 nitrogen and oxygen atoms in total. The number of hydrogen-bond acceptors (Lipinski definition) is 1. The average Bonchev–Trinajstić information content (AvgIpc) is 2.08. The van der Waals surface area contributed by atoms with E-state index in [2.05, 4.69) is 11.2 Å². The van der Waals surface area contributed by atoms with Gasteiger partial charge in [0.2, 0.25) is 0 Å². The minimum atomic E-state index is -0.879. The van der Waals surface area contributed by atoms with Crippen molar-refractivity contribution in [3.8, 4) is 11.2 Å². The first-order chi connectivity index (χ1) is 5.75. The lowest BCUT2D eigenvalue weighted by Gasteiger charge is -1.93. The highest BCUT2D eigenvalue weighted by Gasteiger charge is 2.03. The van der Waals surface area contributed by atoms with Crippen LogP contribution in [0, 0.1) is 22.8 Å². The highest BCUT2D eigenvalue weighted by molar-refractivity contribution is 14.2. The normalized spacial score (nSPS) is 8.92. The molecular formula is C8H3F2IS. The van der Waals surface area contributed by atoms with Crippen LogP contribution in [0.5, 0.6) is 0 Å². The Hall–Kier alpha value is -0.280. The third-order valence-electron chi connectivity index (χ3n) is 1.18. The molecule has 1 rings (SSSR count). The Bertz CT molecular complexity index is 341. The topological polar surface area (TPSA) is 0 Å². The highest BCUT2D eigenvalue weighted by atomic mass is 127. The van der Waals surface area contributed by atoms with Crippen LogP contribution in [0.2, 0.25) is 0 Å². The summed E-state index contributed by atoms with van der Waals surface area (Å²) < 4.78 is 25.4. The first kappa shape index (κ1) is 9.81. The van der Waals surface area contributed by atoms with E-state index in [-0.39, 0.29) is 5.56 Å². The molecule has 4 heteroatoms. The minimum Gasteiger partial charge on any atom is -0.204 e. The van der Waals surface area contributed by atoms with E-state index in [4.69, 9.17) is 0 Å². The summed E-state index contributed by atoms with van der Waals surface area (Å²) in [6.45, 7) is 0. The second-order valence-corrected chi connectivity index (χ2v) is 3.59. The smallest absolute Gasteiger partial charge is 0.174 e. The Morgan fingerprint density at radius 1 is 1.33 bits per heavy atom.